The summed E-state index contributed by atoms with van der Waals surface area (Å²) in [6.45, 7) is 0. The first kappa shape index (κ1) is 18.0. The summed E-state index contributed by atoms with van der Waals surface area (Å²) in [4.78, 5) is 14.7. The second kappa shape index (κ2) is 8.50. The highest BCUT2D eigenvalue weighted by atomic mass is 32.1. The molecule has 0 spiro atoms. The van der Waals surface area contributed by atoms with Crippen molar-refractivity contribution in [2.24, 2.45) is 0 Å². The van der Waals surface area contributed by atoms with Gasteiger partial charge in [-0.3, -0.25) is 4.79 Å². The fourth-order valence-electron chi connectivity index (χ4n) is 2.62. The van der Waals surface area contributed by atoms with Crippen molar-refractivity contribution in [1.82, 2.24) is 0 Å². The van der Waals surface area contributed by atoms with Gasteiger partial charge in [-0.15, -0.1) is 11.3 Å². The molecule has 0 N–H and O–H groups in total. The van der Waals surface area contributed by atoms with Crippen LogP contribution in [0.25, 0.3) is 6.08 Å². The summed E-state index contributed by atoms with van der Waals surface area (Å²) < 4.78 is 10.4. The number of ether oxygens (including phenoxy) is 2. The molecule has 0 unspecified atom stereocenters. The lowest BCUT2D eigenvalue weighted by atomic mass is 10.1. The van der Waals surface area contributed by atoms with Crippen molar-refractivity contribution in [3.8, 4) is 11.5 Å². The molecule has 0 saturated carbocycles. The number of thiophene rings is 1. The summed E-state index contributed by atoms with van der Waals surface area (Å²) in [6.07, 6.45) is 4.36. The summed E-state index contributed by atoms with van der Waals surface area (Å²) in [6, 6.07) is 19.7. The van der Waals surface area contributed by atoms with Gasteiger partial charge in [-0.05, 0) is 48.0 Å². The lowest BCUT2D eigenvalue weighted by molar-refractivity contribution is 0.104. The Morgan fingerprint density at radius 1 is 0.962 bits per heavy atom. The molecule has 132 valence electrons. The van der Waals surface area contributed by atoms with E-state index in [2.05, 4.69) is 18.2 Å². The Labute approximate surface area is 157 Å². The van der Waals surface area contributed by atoms with Crippen LogP contribution in [0.1, 0.15) is 25.7 Å². The van der Waals surface area contributed by atoms with Crippen molar-refractivity contribution in [3.05, 3.63) is 87.6 Å². The lowest BCUT2D eigenvalue weighted by Gasteiger charge is -2.07. The minimum atomic E-state index is -0.0658. The molecule has 0 atom stereocenters. The van der Waals surface area contributed by atoms with E-state index in [1.807, 2.05) is 30.3 Å². The zero-order chi connectivity index (χ0) is 18.4. The van der Waals surface area contributed by atoms with Gasteiger partial charge in [0.2, 0.25) is 0 Å². The fourth-order valence-corrected chi connectivity index (χ4v) is 3.57. The number of methoxy groups -OCH3 is 2. The Morgan fingerprint density at radius 3 is 2.46 bits per heavy atom. The Kier molecular flexibility index (Phi) is 5.87. The molecular formula is C22H20O3S. The summed E-state index contributed by atoms with van der Waals surface area (Å²) >= 11 is 1.69. The van der Waals surface area contributed by atoms with Crippen LogP contribution < -0.4 is 9.47 Å². The van der Waals surface area contributed by atoms with Crippen LogP contribution in [0.5, 0.6) is 11.5 Å². The first-order valence-electron chi connectivity index (χ1n) is 8.26. The third kappa shape index (κ3) is 4.41. The maximum Gasteiger partial charge on any atom is 0.186 e. The number of rotatable bonds is 7. The van der Waals surface area contributed by atoms with Crippen LogP contribution in [0.2, 0.25) is 0 Å². The molecule has 0 amide bonds. The lowest BCUT2D eigenvalue weighted by Crippen LogP contribution is -1.97. The summed E-state index contributed by atoms with van der Waals surface area (Å²) in [5.74, 6) is 1.09. The molecule has 1 heterocycles. The van der Waals surface area contributed by atoms with Gasteiger partial charge in [0, 0.05) is 21.7 Å². The van der Waals surface area contributed by atoms with Crippen LogP contribution in [-0.4, -0.2) is 20.0 Å². The van der Waals surface area contributed by atoms with E-state index in [9.17, 15) is 4.79 Å². The summed E-state index contributed by atoms with van der Waals surface area (Å²) in [5.41, 5.74) is 1.85. The van der Waals surface area contributed by atoms with Gasteiger partial charge in [0.1, 0.15) is 0 Å². The van der Waals surface area contributed by atoms with E-state index in [0.29, 0.717) is 17.1 Å². The highest BCUT2D eigenvalue weighted by molar-refractivity contribution is 7.12. The molecule has 0 aliphatic rings. The minimum absolute atomic E-state index is 0.0658. The zero-order valence-corrected chi connectivity index (χ0v) is 15.6. The number of hydrogen-bond acceptors (Lipinski definition) is 4. The molecule has 3 rings (SSSR count). The Balaban J connectivity index is 1.69. The van der Waals surface area contributed by atoms with Gasteiger partial charge in [0.15, 0.2) is 17.3 Å². The molecule has 2 aromatic carbocycles. The molecule has 0 saturated heterocycles. The number of benzene rings is 2. The summed E-state index contributed by atoms with van der Waals surface area (Å²) in [5, 5.41) is 0. The normalized spacial score (nSPS) is 10.8. The molecule has 26 heavy (non-hydrogen) atoms. The molecule has 3 nitrogen and oxygen atoms in total. The summed E-state index contributed by atoms with van der Waals surface area (Å²) in [7, 11) is 3.13. The van der Waals surface area contributed by atoms with Crippen LogP contribution in [0.4, 0.5) is 0 Å². The standard InChI is InChI=1S/C22H20O3S/c1-24-21-13-8-17(15-22(21)25-2)20(23)12-11-18-9-10-19(26-18)14-16-6-4-3-5-7-16/h3-13,15H,14H2,1-2H3/b12-11+. The van der Waals surface area contributed by atoms with Gasteiger partial charge in [0.05, 0.1) is 14.2 Å². The van der Waals surface area contributed by atoms with Gasteiger partial charge in [-0.1, -0.05) is 30.3 Å². The number of hydrogen-bond donors (Lipinski definition) is 0. The van der Waals surface area contributed by atoms with Gasteiger partial charge in [-0.25, -0.2) is 0 Å². The van der Waals surface area contributed by atoms with Crippen molar-refractivity contribution in [1.29, 1.82) is 0 Å². The number of ketones is 1. The van der Waals surface area contributed by atoms with Gasteiger partial charge >= 0.3 is 0 Å². The predicted octanol–water partition coefficient (Wildman–Crippen LogP) is 5.25. The number of allylic oxidation sites excluding steroid dienone is 1. The first-order valence-corrected chi connectivity index (χ1v) is 9.08. The number of carbonyl (C=O) groups is 1. The molecule has 0 aliphatic carbocycles. The quantitative estimate of drug-likeness (QED) is 0.424. The van der Waals surface area contributed by atoms with Crippen molar-refractivity contribution in [2.75, 3.05) is 14.2 Å². The Morgan fingerprint density at radius 2 is 1.73 bits per heavy atom. The maximum absolute atomic E-state index is 12.4. The van der Waals surface area contributed by atoms with Crippen LogP contribution in [0.15, 0.2) is 66.7 Å². The van der Waals surface area contributed by atoms with Crippen LogP contribution in [-0.2, 0) is 6.42 Å². The highest BCUT2D eigenvalue weighted by Gasteiger charge is 2.08. The average Bonchev–Trinajstić information content (AvgIpc) is 3.13. The van der Waals surface area contributed by atoms with Crippen molar-refractivity contribution >= 4 is 23.2 Å². The van der Waals surface area contributed by atoms with Gasteiger partial charge in [-0.2, -0.15) is 0 Å². The van der Waals surface area contributed by atoms with E-state index >= 15 is 0 Å². The molecule has 0 bridgehead atoms. The van der Waals surface area contributed by atoms with Crippen LogP contribution >= 0.6 is 11.3 Å². The average molecular weight is 364 g/mol. The molecule has 0 fully saturated rings. The molecule has 3 aromatic rings. The van der Waals surface area contributed by atoms with E-state index in [4.69, 9.17) is 9.47 Å². The molecule has 1 aromatic heterocycles. The molecule has 0 radical (unpaired) electrons. The van der Waals surface area contributed by atoms with Gasteiger partial charge in [0.25, 0.3) is 0 Å². The van der Waals surface area contributed by atoms with E-state index in [0.717, 1.165) is 11.3 Å². The van der Waals surface area contributed by atoms with Crippen LogP contribution in [0.3, 0.4) is 0 Å². The smallest absolute Gasteiger partial charge is 0.186 e. The highest BCUT2D eigenvalue weighted by Crippen LogP contribution is 2.28. The van der Waals surface area contributed by atoms with E-state index < -0.39 is 0 Å². The van der Waals surface area contributed by atoms with Crippen molar-refractivity contribution < 1.29 is 14.3 Å². The van der Waals surface area contributed by atoms with E-state index in [1.54, 1.807) is 49.8 Å². The SMILES string of the molecule is COc1ccc(C(=O)/C=C/c2ccc(Cc3ccccc3)s2)cc1OC. The molecular weight excluding hydrogens is 344 g/mol. The van der Waals surface area contributed by atoms with E-state index in [-0.39, 0.29) is 5.78 Å². The Bertz CT molecular complexity index is 910. The topological polar surface area (TPSA) is 35.5 Å². The second-order valence-corrected chi connectivity index (χ2v) is 6.93. The monoisotopic (exact) mass is 364 g/mol. The molecule has 0 aliphatic heterocycles. The van der Waals surface area contributed by atoms with Gasteiger partial charge < -0.3 is 9.47 Å². The van der Waals surface area contributed by atoms with Crippen LogP contribution in [0, 0.1) is 0 Å². The first-order chi connectivity index (χ1) is 12.7. The largest absolute Gasteiger partial charge is 0.493 e. The maximum atomic E-state index is 12.4. The van der Waals surface area contributed by atoms with Crippen molar-refractivity contribution in [3.63, 3.8) is 0 Å². The second-order valence-electron chi connectivity index (χ2n) is 5.73. The third-order valence-corrected chi connectivity index (χ3v) is 5.02. The molecule has 4 heteroatoms. The van der Waals surface area contributed by atoms with Crippen molar-refractivity contribution in [2.45, 2.75) is 6.42 Å². The fraction of sp³-hybridized carbons (Fsp3) is 0.136. The predicted molar refractivity (Wildman–Crippen MR) is 106 cm³/mol. The third-order valence-electron chi connectivity index (χ3n) is 3.97. The number of carbonyl (C=O) groups excluding carboxylic acids is 1. The Hall–Kier alpha value is -2.85. The minimum Gasteiger partial charge on any atom is -0.493 e. The zero-order valence-electron chi connectivity index (χ0n) is 14.8. The van der Waals surface area contributed by atoms with E-state index in [1.165, 1.54) is 10.4 Å².